The average Bonchev–Trinajstić information content (AvgIpc) is 2.26. The van der Waals surface area contributed by atoms with Gasteiger partial charge in [-0.3, -0.25) is 0 Å². The molecule has 0 aliphatic carbocycles. The molecule has 1 fully saturated rings. The number of benzene rings is 1. The van der Waals surface area contributed by atoms with Crippen molar-refractivity contribution in [2.24, 2.45) is 0 Å². The Balaban J connectivity index is 2.36. The second-order valence-electron chi connectivity index (χ2n) is 5.38. The molecule has 0 aromatic heterocycles. The van der Waals surface area contributed by atoms with Crippen LogP contribution in [0.1, 0.15) is 32.4 Å². The van der Waals surface area contributed by atoms with E-state index in [1.165, 1.54) is 6.07 Å². The third-order valence-corrected chi connectivity index (χ3v) is 4.51. The molecule has 4 heteroatoms. The fraction of sp³-hybridized carbons (Fsp3) is 0.571. The highest BCUT2D eigenvalue weighted by atomic mass is 32.2. The van der Waals surface area contributed by atoms with E-state index in [1.54, 1.807) is 13.0 Å². The zero-order valence-electron chi connectivity index (χ0n) is 11.1. The molecule has 1 N–H and O–H groups in total. The molecule has 1 aliphatic rings. The summed E-state index contributed by atoms with van der Waals surface area (Å²) in [7, 11) is 0. The molecule has 0 amide bonds. The van der Waals surface area contributed by atoms with Crippen LogP contribution in [0.3, 0.4) is 0 Å². The van der Waals surface area contributed by atoms with E-state index in [-0.39, 0.29) is 10.6 Å². The van der Waals surface area contributed by atoms with Crippen LogP contribution >= 0.6 is 11.8 Å². The maximum atomic E-state index is 13.9. The van der Waals surface area contributed by atoms with Crippen LogP contribution in [0.4, 0.5) is 10.1 Å². The maximum Gasteiger partial charge on any atom is 0.131 e. The number of hydrogen-bond donors (Lipinski definition) is 1. The standard InChI is InChI=1S/C14H20FNOS/c1-10(17)13-11(15)5-4-6-12(13)16-7-8-18-14(2,3)9-16/h4-6,10,17H,7-9H2,1-3H3. The third kappa shape index (κ3) is 2.81. The molecule has 1 unspecified atom stereocenters. The van der Waals surface area contributed by atoms with E-state index >= 15 is 0 Å². The van der Waals surface area contributed by atoms with Gasteiger partial charge in [0.25, 0.3) is 0 Å². The van der Waals surface area contributed by atoms with E-state index in [4.69, 9.17) is 0 Å². The molecule has 100 valence electrons. The molecular formula is C14H20FNOS. The first-order chi connectivity index (χ1) is 8.41. The van der Waals surface area contributed by atoms with Gasteiger partial charge in [-0.15, -0.1) is 0 Å². The minimum atomic E-state index is -0.779. The zero-order chi connectivity index (χ0) is 13.3. The highest BCUT2D eigenvalue weighted by molar-refractivity contribution is 8.00. The van der Waals surface area contributed by atoms with Crippen molar-refractivity contribution in [2.75, 3.05) is 23.7 Å². The highest BCUT2D eigenvalue weighted by Gasteiger charge is 2.29. The molecule has 2 rings (SSSR count). The van der Waals surface area contributed by atoms with Gasteiger partial charge in [0.1, 0.15) is 5.82 Å². The lowest BCUT2D eigenvalue weighted by Crippen LogP contribution is -2.43. The predicted molar refractivity (Wildman–Crippen MR) is 75.8 cm³/mol. The number of aliphatic hydroxyl groups is 1. The molecule has 1 aromatic rings. The van der Waals surface area contributed by atoms with Crippen molar-refractivity contribution in [3.05, 3.63) is 29.6 Å². The summed E-state index contributed by atoms with van der Waals surface area (Å²) in [5.74, 6) is 0.710. The topological polar surface area (TPSA) is 23.5 Å². The molecule has 2 nitrogen and oxygen atoms in total. The van der Waals surface area contributed by atoms with Gasteiger partial charge >= 0.3 is 0 Å². The van der Waals surface area contributed by atoms with Gasteiger partial charge in [0.05, 0.1) is 6.10 Å². The molecule has 0 bridgehead atoms. The van der Waals surface area contributed by atoms with Gasteiger partial charge in [0.15, 0.2) is 0 Å². The number of nitrogens with zero attached hydrogens (tertiary/aromatic N) is 1. The van der Waals surface area contributed by atoms with Crippen LogP contribution in [0, 0.1) is 5.82 Å². The van der Waals surface area contributed by atoms with Gasteiger partial charge in [-0.1, -0.05) is 6.07 Å². The Morgan fingerprint density at radius 1 is 1.44 bits per heavy atom. The molecule has 1 saturated heterocycles. The molecule has 1 atom stereocenters. The van der Waals surface area contributed by atoms with Gasteiger partial charge in [0.2, 0.25) is 0 Å². The number of thioether (sulfide) groups is 1. The van der Waals surface area contributed by atoms with Crippen LogP contribution in [-0.2, 0) is 0 Å². The van der Waals surface area contributed by atoms with Crippen LogP contribution in [0.2, 0.25) is 0 Å². The molecule has 1 aromatic carbocycles. The maximum absolute atomic E-state index is 13.9. The summed E-state index contributed by atoms with van der Waals surface area (Å²) in [4.78, 5) is 2.18. The van der Waals surface area contributed by atoms with Crippen molar-refractivity contribution in [3.63, 3.8) is 0 Å². The summed E-state index contributed by atoms with van der Waals surface area (Å²) in [5, 5.41) is 9.77. The molecule has 1 aliphatic heterocycles. The minimum absolute atomic E-state index is 0.167. The lowest BCUT2D eigenvalue weighted by atomic mass is 10.0. The lowest BCUT2D eigenvalue weighted by molar-refractivity contribution is 0.194. The van der Waals surface area contributed by atoms with E-state index in [2.05, 4.69) is 18.7 Å². The molecule has 0 radical (unpaired) electrons. The first kappa shape index (κ1) is 13.7. The Bertz CT molecular complexity index is 434. The Hall–Kier alpha value is -0.740. The monoisotopic (exact) mass is 269 g/mol. The van der Waals surface area contributed by atoms with Crippen LogP contribution in [0.15, 0.2) is 18.2 Å². The fourth-order valence-electron chi connectivity index (χ4n) is 2.44. The van der Waals surface area contributed by atoms with Gasteiger partial charge < -0.3 is 10.0 Å². The summed E-state index contributed by atoms with van der Waals surface area (Å²) in [6.45, 7) is 7.79. The summed E-state index contributed by atoms with van der Waals surface area (Å²) in [5.41, 5.74) is 1.25. The molecule has 1 heterocycles. The zero-order valence-corrected chi connectivity index (χ0v) is 11.9. The highest BCUT2D eigenvalue weighted by Crippen LogP contribution is 2.35. The Morgan fingerprint density at radius 3 is 2.78 bits per heavy atom. The second-order valence-corrected chi connectivity index (χ2v) is 7.18. The van der Waals surface area contributed by atoms with Crippen molar-refractivity contribution < 1.29 is 9.50 Å². The Morgan fingerprint density at radius 2 is 2.17 bits per heavy atom. The molecule has 18 heavy (non-hydrogen) atoms. The number of rotatable bonds is 2. The SMILES string of the molecule is CC(O)c1c(F)cccc1N1CCSC(C)(C)C1. The largest absolute Gasteiger partial charge is 0.389 e. The first-order valence-corrected chi connectivity index (χ1v) is 7.25. The van der Waals surface area contributed by atoms with Gasteiger partial charge in [-0.25, -0.2) is 4.39 Å². The quantitative estimate of drug-likeness (QED) is 0.892. The number of aliphatic hydroxyl groups excluding tert-OH is 1. The van der Waals surface area contributed by atoms with E-state index in [0.717, 1.165) is 24.5 Å². The van der Waals surface area contributed by atoms with Crippen LogP contribution in [0.5, 0.6) is 0 Å². The fourth-order valence-corrected chi connectivity index (χ4v) is 3.55. The van der Waals surface area contributed by atoms with E-state index in [1.807, 2.05) is 17.8 Å². The Kier molecular flexibility index (Phi) is 3.87. The van der Waals surface area contributed by atoms with E-state index in [9.17, 15) is 9.50 Å². The summed E-state index contributed by atoms with van der Waals surface area (Å²) in [6.07, 6.45) is -0.779. The normalized spacial score (nSPS) is 20.8. The number of anilines is 1. The van der Waals surface area contributed by atoms with E-state index in [0.29, 0.717) is 5.56 Å². The van der Waals surface area contributed by atoms with Crippen LogP contribution < -0.4 is 4.90 Å². The molecule has 0 saturated carbocycles. The van der Waals surface area contributed by atoms with E-state index < -0.39 is 6.10 Å². The van der Waals surface area contributed by atoms with Crippen molar-refractivity contribution in [2.45, 2.75) is 31.6 Å². The Labute approximate surface area is 112 Å². The lowest BCUT2D eigenvalue weighted by Gasteiger charge is -2.40. The first-order valence-electron chi connectivity index (χ1n) is 6.26. The molecule has 0 spiro atoms. The van der Waals surface area contributed by atoms with Crippen LogP contribution in [-0.4, -0.2) is 28.7 Å². The summed E-state index contributed by atoms with van der Waals surface area (Å²) in [6, 6.07) is 5.03. The smallest absolute Gasteiger partial charge is 0.131 e. The van der Waals surface area contributed by atoms with Crippen LogP contribution in [0.25, 0.3) is 0 Å². The number of hydrogen-bond acceptors (Lipinski definition) is 3. The average molecular weight is 269 g/mol. The van der Waals surface area contributed by atoms with Crippen molar-refractivity contribution in [3.8, 4) is 0 Å². The second kappa shape index (κ2) is 5.10. The minimum Gasteiger partial charge on any atom is -0.389 e. The number of halogens is 1. The summed E-state index contributed by atoms with van der Waals surface area (Å²) < 4.78 is 14.0. The van der Waals surface area contributed by atoms with Gasteiger partial charge in [-0.05, 0) is 32.9 Å². The third-order valence-electron chi connectivity index (χ3n) is 3.21. The van der Waals surface area contributed by atoms with Crippen molar-refractivity contribution in [1.29, 1.82) is 0 Å². The van der Waals surface area contributed by atoms with Crippen molar-refractivity contribution >= 4 is 17.4 Å². The van der Waals surface area contributed by atoms with Crippen molar-refractivity contribution in [1.82, 2.24) is 0 Å². The molecular weight excluding hydrogens is 249 g/mol. The van der Waals surface area contributed by atoms with Gasteiger partial charge in [-0.2, -0.15) is 11.8 Å². The predicted octanol–water partition coefficient (Wildman–Crippen LogP) is 3.21. The van der Waals surface area contributed by atoms with Gasteiger partial charge in [0, 0.05) is 34.8 Å². The summed E-state index contributed by atoms with van der Waals surface area (Å²) >= 11 is 1.94.